The molecule has 3 N–H and O–H groups in total. The van der Waals surface area contributed by atoms with Crippen LogP contribution in [0.1, 0.15) is 12.5 Å². The van der Waals surface area contributed by atoms with Crippen LogP contribution in [0.2, 0.25) is 0 Å². The Bertz CT molecular complexity index is 330. The average molecular weight is 205 g/mol. The fourth-order valence-electron chi connectivity index (χ4n) is 2.02. The van der Waals surface area contributed by atoms with E-state index in [1.165, 1.54) is 11.3 Å². The summed E-state index contributed by atoms with van der Waals surface area (Å²) in [5, 5.41) is 3.36. The van der Waals surface area contributed by atoms with Crippen LogP contribution < -0.4 is 16.0 Å². The Balaban J connectivity index is 2.20. The van der Waals surface area contributed by atoms with E-state index in [9.17, 15) is 0 Å². The summed E-state index contributed by atoms with van der Waals surface area (Å²) in [4.78, 5) is 2.41. The Labute approximate surface area is 91.3 Å². The molecule has 2 rings (SSSR count). The first-order valence-corrected chi connectivity index (χ1v) is 5.65. The lowest BCUT2D eigenvalue weighted by atomic mass is 10.1. The van der Waals surface area contributed by atoms with Gasteiger partial charge in [0.05, 0.1) is 0 Å². The van der Waals surface area contributed by atoms with E-state index >= 15 is 0 Å². The Morgan fingerprint density at radius 1 is 1.33 bits per heavy atom. The fraction of sp³-hybridized carbons (Fsp3) is 0.500. The molecule has 82 valence electrons. The van der Waals surface area contributed by atoms with Crippen LogP contribution >= 0.6 is 0 Å². The zero-order valence-electron chi connectivity index (χ0n) is 9.29. The van der Waals surface area contributed by atoms with Crippen LogP contribution in [-0.2, 0) is 6.42 Å². The maximum atomic E-state index is 5.90. The molecule has 1 saturated heterocycles. The number of hydrogen-bond donors (Lipinski definition) is 2. The molecule has 0 aliphatic carbocycles. The van der Waals surface area contributed by atoms with Crippen molar-refractivity contribution in [3.05, 3.63) is 23.8 Å². The van der Waals surface area contributed by atoms with Crippen LogP contribution in [0.3, 0.4) is 0 Å². The lowest BCUT2D eigenvalue weighted by Crippen LogP contribution is -2.43. The van der Waals surface area contributed by atoms with E-state index in [1.54, 1.807) is 0 Å². The van der Waals surface area contributed by atoms with Crippen LogP contribution in [0.25, 0.3) is 0 Å². The number of anilines is 2. The van der Waals surface area contributed by atoms with Gasteiger partial charge in [-0.1, -0.05) is 6.92 Å². The minimum absolute atomic E-state index is 0.913. The molecule has 0 unspecified atom stereocenters. The van der Waals surface area contributed by atoms with Gasteiger partial charge in [0, 0.05) is 37.6 Å². The van der Waals surface area contributed by atoms with E-state index in [2.05, 4.69) is 29.3 Å². The highest BCUT2D eigenvalue weighted by atomic mass is 15.2. The maximum Gasteiger partial charge on any atom is 0.0371 e. The summed E-state index contributed by atoms with van der Waals surface area (Å²) in [6, 6.07) is 6.37. The second-order valence-electron chi connectivity index (χ2n) is 3.97. The molecule has 3 nitrogen and oxygen atoms in total. The predicted molar refractivity (Wildman–Crippen MR) is 65.3 cm³/mol. The third-order valence-electron chi connectivity index (χ3n) is 2.99. The molecule has 1 heterocycles. The molecule has 0 radical (unpaired) electrons. The molecule has 1 aromatic carbocycles. The van der Waals surface area contributed by atoms with Crippen molar-refractivity contribution in [2.45, 2.75) is 13.3 Å². The van der Waals surface area contributed by atoms with Gasteiger partial charge in [0.15, 0.2) is 0 Å². The molecule has 0 spiro atoms. The Morgan fingerprint density at radius 3 is 2.73 bits per heavy atom. The highest BCUT2D eigenvalue weighted by Crippen LogP contribution is 2.21. The van der Waals surface area contributed by atoms with Crippen molar-refractivity contribution in [3.63, 3.8) is 0 Å². The van der Waals surface area contributed by atoms with E-state index in [1.807, 2.05) is 6.07 Å². The smallest absolute Gasteiger partial charge is 0.0371 e. The Morgan fingerprint density at radius 2 is 2.07 bits per heavy atom. The van der Waals surface area contributed by atoms with Crippen molar-refractivity contribution in [2.24, 2.45) is 0 Å². The molecule has 15 heavy (non-hydrogen) atoms. The quantitative estimate of drug-likeness (QED) is 0.714. The zero-order chi connectivity index (χ0) is 10.7. The maximum absolute atomic E-state index is 5.90. The molecule has 0 bridgehead atoms. The summed E-state index contributed by atoms with van der Waals surface area (Å²) < 4.78 is 0. The van der Waals surface area contributed by atoms with Crippen molar-refractivity contribution in [1.82, 2.24) is 5.32 Å². The fourth-order valence-corrected chi connectivity index (χ4v) is 2.02. The Kier molecular flexibility index (Phi) is 3.11. The minimum Gasteiger partial charge on any atom is -0.399 e. The number of nitrogen functional groups attached to an aromatic ring is 1. The molecule has 3 heteroatoms. The lowest BCUT2D eigenvalue weighted by Gasteiger charge is -2.30. The molecule has 1 aliphatic heterocycles. The second kappa shape index (κ2) is 4.53. The number of nitrogens with zero attached hydrogens (tertiary/aromatic N) is 1. The molecule has 0 amide bonds. The monoisotopic (exact) mass is 205 g/mol. The third-order valence-corrected chi connectivity index (χ3v) is 2.99. The van der Waals surface area contributed by atoms with Crippen LogP contribution in [0.4, 0.5) is 11.4 Å². The van der Waals surface area contributed by atoms with Crippen molar-refractivity contribution in [1.29, 1.82) is 0 Å². The van der Waals surface area contributed by atoms with Gasteiger partial charge in [0.1, 0.15) is 0 Å². The number of piperazine rings is 1. The summed E-state index contributed by atoms with van der Waals surface area (Å²) >= 11 is 0. The van der Waals surface area contributed by atoms with Gasteiger partial charge in [-0.15, -0.1) is 0 Å². The average Bonchev–Trinajstić information content (AvgIpc) is 2.31. The van der Waals surface area contributed by atoms with Crippen molar-refractivity contribution in [3.8, 4) is 0 Å². The summed E-state index contributed by atoms with van der Waals surface area (Å²) in [7, 11) is 0. The molecular weight excluding hydrogens is 186 g/mol. The van der Waals surface area contributed by atoms with Gasteiger partial charge in [0.2, 0.25) is 0 Å². The van der Waals surface area contributed by atoms with Gasteiger partial charge in [-0.2, -0.15) is 0 Å². The molecule has 0 aromatic heterocycles. The summed E-state index contributed by atoms with van der Waals surface area (Å²) in [5.74, 6) is 0. The SMILES string of the molecule is CCc1cc(N2CCNCC2)ccc1N. The third kappa shape index (κ3) is 2.23. The standard InChI is InChI=1S/C12H19N3/c1-2-10-9-11(3-4-12(10)13)15-7-5-14-6-8-15/h3-4,9,14H,2,5-8,13H2,1H3. The van der Waals surface area contributed by atoms with E-state index in [4.69, 9.17) is 5.73 Å². The van der Waals surface area contributed by atoms with Gasteiger partial charge in [-0.25, -0.2) is 0 Å². The highest BCUT2D eigenvalue weighted by molar-refractivity contribution is 5.58. The predicted octanol–water partition coefficient (Wildman–Crippen LogP) is 1.24. The molecule has 1 aliphatic rings. The van der Waals surface area contributed by atoms with Gasteiger partial charge < -0.3 is 16.0 Å². The molecule has 0 atom stereocenters. The first-order chi connectivity index (χ1) is 7.31. The summed E-state index contributed by atoms with van der Waals surface area (Å²) in [5.41, 5.74) is 9.38. The van der Waals surface area contributed by atoms with E-state index in [0.717, 1.165) is 38.3 Å². The molecule has 0 saturated carbocycles. The normalized spacial score (nSPS) is 16.7. The summed E-state index contributed by atoms with van der Waals surface area (Å²) in [6.45, 7) is 6.48. The van der Waals surface area contributed by atoms with E-state index in [0.29, 0.717) is 0 Å². The van der Waals surface area contributed by atoms with Crippen molar-refractivity contribution < 1.29 is 0 Å². The van der Waals surface area contributed by atoms with Gasteiger partial charge in [-0.3, -0.25) is 0 Å². The highest BCUT2D eigenvalue weighted by Gasteiger charge is 2.10. The van der Waals surface area contributed by atoms with Gasteiger partial charge in [0.25, 0.3) is 0 Å². The zero-order valence-corrected chi connectivity index (χ0v) is 9.29. The summed E-state index contributed by atoms with van der Waals surface area (Å²) in [6.07, 6.45) is 1.01. The first-order valence-electron chi connectivity index (χ1n) is 5.65. The van der Waals surface area contributed by atoms with Crippen LogP contribution in [0.15, 0.2) is 18.2 Å². The topological polar surface area (TPSA) is 41.3 Å². The molecule has 1 aromatic rings. The number of nitrogens with one attached hydrogen (secondary N) is 1. The van der Waals surface area contributed by atoms with Crippen LogP contribution in [-0.4, -0.2) is 26.2 Å². The minimum atomic E-state index is 0.913. The lowest BCUT2D eigenvalue weighted by molar-refractivity contribution is 0.589. The van der Waals surface area contributed by atoms with E-state index < -0.39 is 0 Å². The number of nitrogens with two attached hydrogens (primary N) is 1. The number of aryl methyl sites for hydroxylation is 1. The van der Waals surface area contributed by atoms with Crippen molar-refractivity contribution >= 4 is 11.4 Å². The van der Waals surface area contributed by atoms with Crippen molar-refractivity contribution in [2.75, 3.05) is 36.8 Å². The first kappa shape index (κ1) is 10.3. The van der Waals surface area contributed by atoms with Crippen LogP contribution in [0, 0.1) is 0 Å². The second-order valence-corrected chi connectivity index (χ2v) is 3.97. The largest absolute Gasteiger partial charge is 0.399 e. The number of rotatable bonds is 2. The van der Waals surface area contributed by atoms with Crippen LogP contribution in [0.5, 0.6) is 0 Å². The van der Waals surface area contributed by atoms with Gasteiger partial charge >= 0.3 is 0 Å². The number of hydrogen-bond acceptors (Lipinski definition) is 3. The molecule has 1 fully saturated rings. The van der Waals surface area contributed by atoms with E-state index in [-0.39, 0.29) is 0 Å². The number of benzene rings is 1. The van der Waals surface area contributed by atoms with Gasteiger partial charge in [-0.05, 0) is 30.2 Å². The molecular formula is C12H19N3. The Hall–Kier alpha value is -1.22.